The third kappa shape index (κ3) is 29.6. The highest BCUT2D eigenvalue weighted by Gasteiger charge is 2.47. The molecule has 4 aliphatic heterocycles. The number of carbonyl (C=O) groups excluding carboxylic acids is 13. The number of benzene rings is 2. The molecule has 2 aromatic rings. The number of cyclic esters (lactones) is 4. The zero-order valence-electron chi connectivity index (χ0n) is 71.7. The van der Waals surface area contributed by atoms with E-state index in [1.165, 1.54) is 61.8 Å². The fourth-order valence-corrected chi connectivity index (χ4v) is 14.3. The van der Waals surface area contributed by atoms with Crippen LogP contribution < -0.4 is 54.2 Å². The zero-order chi connectivity index (χ0) is 86.4. The van der Waals surface area contributed by atoms with Crippen LogP contribution in [0.25, 0.3) is 0 Å². The first-order valence-electron chi connectivity index (χ1n) is 40.5. The molecule has 9 amide bonds. The van der Waals surface area contributed by atoms with Gasteiger partial charge in [-0.25, -0.2) is 14.4 Å². The number of likely N-dealkylation sites (N-methyl/N-ethyl adjacent to an activating group) is 2. The van der Waals surface area contributed by atoms with Gasteiger partial charge in [-0.3, -0.25) is 47.9 Å². The summed E-state index contributed by atoms with van der Waals surface area (Å²) in [5.41, 5.74) is 4.33. The quantitative estimate of drug-likeness (QED) is 0.0828. The molecule has 0 spiro atoms. The average molecular weight is 1670 g/mol. The van der Waals surface area contributed by atoms with Gasteiger partial charge in [-0.15, -0.1) is 0 Å². The van der Waals surface area contributed by atoms with Crippen LogP contribution in [0, 0.1) is 35.5 Å². The van der Waals surface area contributed by atoms with Crippen molar-refractivity contribution in [2.75, 3.05) is 41.4 Å². The maximum Gasteiger partial charge on any atom is 0.408 e. The number of aliphatic hydroxyl groups excluding tert-OH is 2. The second kappa shape index (κ2) is 47.1. The predicted molar refractivity (Wildman–Crippen MR) is 430 cm³/mol. The highest BCUT2D eigenvalue weighted by molar-refractivity contribution is 5.97. The lowest BCUT2D eigenvalue weighted by molar-refractivity contribution is -0.419. The van der Waals surface area contributed by atoms with Crippen molar-refractivity contribution in [3.63, 3.8) is 0 Å². The molecule has 4 aliphatic rings. The van der Waals surface area contributed by atoms with Crippen LogP contribution in [0.3, 0.4) is 0 Å². The summed E-state index contributed by atoms with van der Waals surface area (Å²) in [6, 6.07) is 2.74. The van der Waals surface area contributed by atoms with Gasteiger partial charge in [-0.2, -0.15) is 0 Å². The summed E-state index contributed by atoms with van der Waals surface area (Å²) >= 11 is 0. The van der Waals surface area contributed by atoms with Crippen molar-refractivity contribution in [1.29, 1.82) is 0 Å². The maximum atomic E-state index is 14.5. The van der Waals surface area contributed by atoms with Crippen LogP contribution in [-0.4, -0.2) is 251 Å². The number of methoxy groups -OCH3 is 2. The van der Waals surface area contributed by atoms with Gasteiger partial charge in [0.25, 0.3) is 17.7 Å². The molecule has 4 heterocycles. The highest BCUT2D eigenvalue weighted by Crippen LogP contribution is 2.29. The van der Waals surface area contributed by atoms with Gasteiger partial charge < -0.3 is 108 Å². The van der Waals surface area contributed by atoms with Crippen LogP contribution in [-0.2, 0) is 94.1 Å². The Morgan fingerprint density at radius 2 is 0.906 bits per heavy atom. The molecule has 0 aromatic heterocycles. The largest absolute Gasteiger partial charge is 1.00 e. The molecular formula is C84H135ClN10O22. The second-order valence-electron chi connectivity index (χ2n) is 33.5. The number of esters is 4. The Bertz CT molecular complexity index is 3640. The average Bonchev–Trinajstić information content (AvgIpc) is 1.74. The van der Waals surface area contributed by atoms with E-state index in [0.717, 1.165) is 0 Å². The van der Waals surface area contributed by atoms with Gasteiger partial charge in [0.1, 0.15) is 65.5 Å². The molecule has 0 unspecified atom stereocenters. The van der Waals surface area contributed by atoms with Gasteiger partial charge in [-0.1, -0.05) is 128 Å². The van der Waals surface area contributed by atoms with Crippen LogP contribution in [0.5, 0.6) is 11.5 Å². The van der Waals surface area contributed by atoms with E-state index in [2.05, 4.69) is 32.3 Å². The number of rotatable bonds is 17. The summed E-state index contributed by atoms with van der Waals surface area (Å²) in [4.78, 5) is 187. The van der Waals surface area contributed by atoms with Crippen LogP contribution in [0.4, 0.5) is 4.79 Å². The fraction of sp³-hybridized carbons (Fsp3) is 0.702. The molecule has 4 fully saturated rings. The van der Waals surface area contributed by atoms with Gasteiger partial charge >= 0.3 is 30.0 Å². The molecule has 10 N–H and O–H groups in total. The van der Waals surface area contributed by atoms with Crippen molar-refractivity contribution < 1.29 is 124 Å². The number of halogens is 1. The van der Waals surface area contributed by atoms with E-state index in [1.54, 1.807) is 111 Å². The standard InChI is InChI=1S/C44H69N5O12.C39H61N5O10.CH4.ClH/c1-13-26(6)35-33(50)23-34(51)60-37(25(4)5)39(53)45-30(21-24(2)3)40(54)49-20-14-15-31(49)41(55)48(11)32(22-28-16-18-29(58-12)19-17-28)42(56)59-27(7)36(38(52)46-35)47-43(57)61-44(8,9)10;1-10-23(6)33-30(45)20-31(46)54-34(22(4)5)36(48)41-27(18-21(2)3)37(49)44-17-11-12-28(44)38(50)43(8)29(19-25-13-15-26(52-9)16-14-25)39(51)53-24(7)32(40)35(47)42-33;;/h16-19,24-27,30-33,35-37,50H,13-15,20-23H2,1-12H3,(H,45,53)(H,46,52)(H,47,57);13-16,21-24,27-30,32-34,45H,10-12,17-20,40H2,1-9H3,(H,41,48)(H,42,47);1H4;1H/t26-,27+,30-,31-,32-,33-,35+,36-,37-;23-,24+,27-,28-,29-,30-,32-,33+,34-;;/m00../s1. The van der Waals surface area contributed by atoms with Crippen molar-refractivity contribution in [3.05, 3.63) is 59.7 Å². The summed E-state index contributed by atoms with van der Waals surface area (Å²) < 4.78 is 39.1. The monoisotopic (exact) mass is 1670 g/mol. The van der Waals surface area contributed by atoms with E-state index in [-0.39, 0.29) is 82.8 Å². The van der Waals surface area contributed by atoms with Gasteiger partial charge in [-0.05, 0) is 144 Å². The van der Waals surface area contributed by atoms with E-state index >= 15 is 0 Å². The van der Waals surface area contributed by atoms with Gasteiger partial charge in [0.2, 0.25) is 35.6 Å². The first-order valence-corrected chi connectivity index (χ1v) is 40.5. The molecule has 2 aromatic carbocycles. The molecule has 18 atom stereocenters. The van der Waals surface area contributed by atoms with Crippen LogP contribution in [0.15, 0.2) is 48.5 Å². The van der Waals surface area contributed by atoms with Crippen molar-refractivity contribution in [3.8, 4) is 11.5 Å². The third-order valence-electron chi connectivity index (χ3n) is 21.5. The lowest BCUT2D eigenvalue weighted by Gasteiger charge is -2.35. The first kappa shape index (κ1) is 102. The van der Waals surface area contributed by atoms with Gasteiger partial charge in [0.15, 0.2) is 18.3 Å². The highest BCUT2D eigenvalue weighted by atomic mass is 35.5. The Hall–Kier alpha value is -8.88. The Labute approximate surface area is 697 Å². The summed E-state index contributed by atoms with van der Waals surface area (Å²) in [5.74, 6) is -9.00. The molecule has 6 rings (SSSR count). The van der Waals surface area contributed by atoms with E-state index < -0.39 is 210 Å². The number of hydrogen-bond donors (Lipinski definition) is 8. The lowest BCUT2D eigenvalue weighted by Crippen LogP contribution is -3.00. The molecular weight excluding hydrogens is 1540 g/mol. The third-order valence-corrected chi connectivity index (χ3v) is 21.5. The molecule has 4 saturated heterocycles. The number of ether oxygens (including phenoxy) is 7. The first-order chi connectivity index (χ1) is 53.9. The number of nitrogens with zero attached hydrogens (tertiary/aromatic N) is 4. The summed E-state index contributed by atoms with van der Waals surface area (Å²) in [6.45, 7) is 29.9. The number of alkyl carbamates (subject to hydrolysis) is 1. The smallest absolute Gasteiger partial charge is 0.408 e. The Morgan fingerprint density at radius 3 is 1.24 bits per heavy atom. The topological polar surface area (TPSA) is 428 Å². The number of aliphatic hydroxyl groups is 2. The number of quaternary nitrogens is 1. The van der Waals surface area contributed by atoms with E-state index in [4.69, 9.17) is 33.2 Å². The van der Waals surface area contributed by atoms with Crippen LogP contribution >= 0.6 is 0 Å². The van der Waals surface area contributed by atoms with E-state index in [9.17, 15) is 72.5 Å². The van der Waals surface area contributed by atoms with Crippen molar-refractivity contribution in [2.45, 2.75) is 305 Å². The number of carbonyl (C=O) groups is 13. The van der Waals surface area contributed by atoms with E-state index in [0.29, 0.717) is 54.7 Å². The second-order valence-corrected chi connectivity index (χ2v) is 33.5. The summed E-state index contributed by atoms with van der Waals surface area (Å²) in [5, 5.41) is 36.4. The minimum Gasteiger partial charge on any atom is -1.00 e. The fourth-order valence-electron chi connectivity index (χ4n) is 14.3. The number of fused-ring (bicyclic) bond motifs is 2. The Balaban J connectivity index is 0.000000599. The molecule has 0 saturated carbocycles. The Kier molecular flexibility index (Phi) is 41.1. The van der Waals surface area contributed by atoms with Crippen molar-refractivity contribution in [2.24, 2.45) is 35.5 Å². The Morgan fingerprint density at radius 1 is 0.547 bits per heavy atom. The predicted octanol–water partition coefficient (Wildman–Crippen LogP) is 1.91. The molecule has 0 aliphatic carbocycles. The van der Waals surface area contributed by atoms with E-state index in [1.807, 2.05) is 41.5 Å². The number of hydrogen-bond acceptors (Lipinski definition) is 22. The van der Waals surface area contributed by atoms with Gasteiger partial charge in [0, 0.05) is 40.0 Å². The normalized spacial score (nSPS) is 27.7. The summed E-state index contributed by atoms with van der Waals surface area (Å²) in [6.07, 6.45) is -7.01. The number of amides is 9. The molecule has 33 heteroatoms. The molecule has 660 valence electrons. The molecule has 0 bridgehead atoms. The maximum absolute atomic E-state index is 14.5. The summed E-state index contributed by atoms with van der Waals surface area (Å²) in [7, 11) is 5.98. The molecule has 32 nitrogen and oxygen atoms in total. The van der Waals surface area contributed by atoms with Crippen LogP contribution in [0.1, 0.15) is 200 Å². The minimum atomic E-state index is -1.59. The molecule has 117 heavy (non-hydrogen) atoms. The lowest BCUT2D eigenvalue weighted by atomic mass is 9.92. The minimum absolute atomic E-state index is 0. The van der Waals surface area contributed by atoms with Crippen LogP contribution in [0.2, 0.25) is 0 Å². The molecule has 0 radical (unpaired) electrons. The SMILES string of the molecule is C.CC[C@H](C)[C@H]1NC(=O)[C@@H](NC(=O)OC(C)(C)C)[C@@H](C)OC(=O)[C@H](Cc2ccc(OC)cc2)N(C)C(=O)[C@@H]2CCCN2C(=O)[C@H](CC(C)C)NC(=O)[C@H](C(C)C)OC(=O)C[C@@H]1O.CC[C@H](C)[C@H]1NC(=O)[C@@H]([NH3+])[C@@H](C)OC(=O)[C@H](Cc2ccc(OC)cc2)N(C)C(=O)[C@@H]2CCCN2C(=O)[C@H](CC(C)C)NC(=O)[C@H](C(C)C)OC(=O)C[C@@H]1O.[Cl-]. The zero-order valence-corrected chi connectivity index (χ0v) is 72.4. The number of nitrogens with one attached hydrogen (secondary N) is 5. The van der Waals surface area contributed by atoms with Crippen molar-refractivity contribution >= 4 is 77.2 Å². The van der Waals surface area contributed by atoms with Gasteiger partial charge in [0.05, 0.1) is 51.4 Å². The van der Waals surface area contributed by atoms with Crippen molar-refractivity contribution in [1.82, 2.24) is 46.2 Å².